The fourth-order valence-electron chi connectivity index (χ4n) is 3.61. The van der Waals surface area contributed by atoms with Gasteiger partial charge in [0, 0.05) is 0 Å². The number of para-hydroxylation sites is 1. The predicted molar refractivity (Wildman–Crippen MR) is 109 cm³/mol. The van der Waals surface area contributed by atoms with E-state index in [0.717, 1.165) is 17.9 Å². The Kier molecular flexibility index (Phi) is 5.29. The summed E-state index contributed by atoms with van der Waals surface area (Å²) in [6.07, 6.45) is 0.991. The molecule has 142 valence electrons. The summed E-state index contributed by atoms with van der Waals surface area (Å²) < 4.78 is 11.4. The van der Waals surface area contributed by atoms with E-state index >= 15 is 0 Å². The molecule has 3 aromatic carbocycles. The van der Waals surface area contributed by atoms with E-state index in [0.29, 0.717) is 11.7 Å². The SMILES string of the molecule is C[C@H]1Cc2ccccc2[C@@H]1NC(=O)COc1ccc(Oc2ccccc2)cc1. The van der Waals surface area contributed by atoms with Gasteiger partial charge < -0.3 is 14.8 Å². The second kappa shape index (κ2) is 8.17. The molecule has 0 heterocycles. The number of ether oxygens (including phenoxy) is 2. The van der Waals surface area contributed by atoms with Gasteiger partial charge in [-0.05, 0) is 59.9 Å². The summed E-state index contributed by atoms with van der Waals surface area (Å²) in [6, 6.07) is 25.2. The molecule has 0 saturated heterocycles. The molecule has 0 aliphatic heterocycles. The molecule has 0 fully saturated rings. The first-order chi connectivity index (χ1) is 13.7. The van der Waals surface area contributed by atoms with Crippen LogP contribution in [0.3, 0.4) is 0 Å². The predicted octanol–water partition coefficient (Wildman–Crippen LogP) is 4.91. The Morgan fingerprint density at radius 3 is 2.32 bits per heavy atom. The molecular weight excluding hydrogens is 350 g/mol. The van der Waals surface area contributed by atoms with E-state index in [2.05, 4.69) is 24.4 Å². The molecule has 3 aromatic rings. The minimum atomic E-state index is -0.113. The average Bonchev–Trinajstić information content (AvgIpc) is 3.03. The van der Waals surface area contributed by atoms with Gasteiger partial charge in [-0.2, -0.15) is 0 Å². The van der Waals surface area contributed by atoms with Crippen LogP contribution in [0.4, 0.5) is 0 Å². The lowest BCUT2D eigenvalue weighted by Crippen LogP contribution is -2.34. The Morgan fingerprint density at radius 1 is 0.893 bits per heavy atom. The number of amides is 1. The first kappa shape index (κ1) is 18.1. The second-order valence-electron chi connectivity index (χ2n) is 7.10. The highest BCUT2D eigenvalue weighted by molar-refractivity contribution is 5.78. The van der Waals surface area contributed by atoms with Crippen LogP contribution >= 0.6 is 0 Å². The van der Waals surface area contributed by atoms with Crippen molar-refractivity contribution in [1.82, 2.24) is 5.32 Å². The molecule has 28 heavy (non-hydrogen) atoms. The standard InChI is InChI=1S/C24H23NO3/c1-17-15-18-7-5-6-10-22(18)24(17)25-23(26)16-27-19-11-13-21(14-12-19)28-20-8-3-2-4-9-20/h2-14,17,24H,15-16H2,1H3,(H,25,26)/t17-,24+/m0/s1. The van der Waals surface area contributed by atoms with Gasteiger partial charge in [-0.25, -0.2) is 0 Å². The monoisotopic (exact) mass is 373 g/mol. The first-order valence-electron chi connectivity index (χ1n) is 9.52. The summed E-state index contributed by atoms with van der Waals surface area (Å²) in [4.78, 5) is 12.4. The summed E-state index contributed by atoms with van der Waals surface area (Å²) in [5.74, 6) is 2.41. The van der Waals surface area contributed by atoms with E-state index < -0.39 is 0 Å². The third-order valence-electron chi connectivity index (χ3n) is 4.99. The fraction of sp³-hybridized carbons (Fsp3) is 0.208. The number of hydrogen-bond acceptors (Lipinski definition) is 3. The van der Waals surface area contributed by atoms with Crippen molar-refractivity contribution in [2.24, 2.45) is 5.92 Å². The Balaban J connectivity index is 1.30. The molecule has 1 amide bonds. The molecule has 2 atom stereocenters. The normalized spacial score (nSPS) is 17.6. The van der Waals surface area contributed by atoms with Crippen molar-refractivity contribution in [2.45, 2.75) is 19.4 Å². The molecule has 1 aliphatic rings. The maximum atomic E-state index is 12.4. The van der Waals surface area contributed by atoms with Crippen molar-refractivity contribution >= 4 is 5.91 Å². The Labute approximate surface area is 165 Å². The van der Waals surface area contributed by atoms with E-state index in [9.17, 15) is 4.79 Å². The molecule has 4 heteroatoms. The summed E-state index contributed by atoms with van der Waals surface area (Å²) in [5.41, 5.74) is 2.53. The van der Waals surface area contributed by atoms with Gasteiger partial charge in [-0.15, -0.1) is 0 Å². The maximum Gasteiger partial charge on any atom is 0.258 e. The van der Waals surface area contributed by atoms with Gasteiger partial charge in [0.05, 0.1) is 6.04 Å². The Bertz CT molecular complexity index is 938. The zero-order valence-electron chi connectivity index (χ0n) is 15.8. The lowest BCUT2D eigenvalue weighted by atomic mass is 10.0. The van der Waals surface area contributed by atoms with E-state index in [4.69, 9.17) is 9.47 Å². The van der Waals surface area contributed by atoms with Crippen molar-refractivity contribution in [1.29, 1.82) is 0 Å². The molecule has 0 unspecified atom stereocenters. The summed E-state index contributed by atoms with van der Waals surface area (Å²) >= 11 is 0. The quantitative estimate of drug-likeness (QED) is 0.668. The van der Waals surface area contributed by atoms with Gasteiger partial charge in [0.2, 0.25) is 0 Å². The van der Waals surface area contributed by atoms with Crippen LogP contribution in [-0.4, -0.2) is 12.5 Å². The highest BCUT2D eigenvalue weighted by Gasteiger charge is 2.30. The molecule has 1 N–H and O–H groups in total. The minimum absolute atomic E-state index is 0.00965. The smallest absolute Gasteiger partial charge is 0.258 e. The average molecular weight is 373 g/mol. The zero-order valence-corrected chi connectivity index (χ0v) is 15.8. The zero-order chi connectivity index (χ0) is 19.3. The van der Waals surface area contributed by atoms with E-state index in [1.165, 1.54) is 11.1 Å². The summed E-state index contributed by atoms with van der Waals surface area (Å²) in [7, 11) is 0. The lowest BCUT2D eigenvalue weighted by molar-refractivity contribution is -0.124. The van der Waals surface area contributed by atoms with Crippen LogP contribution in [0.15, 0.2) is 78.9 Å². The molecule has 0 saturated carbocycles. The topological polar surface area (TPSA) is 47.6 Å². The number of benzene rings is 3. The largest absolute Gasteiger partial charge is 0.484 e. The molecule has 0 aromatic heterocycles. The van der Waals surface area contributed by atoms with Crippen molar-refractivity contribution < 1.29 is 14.3 Å². The number of nitrogens with one attached hydrogen (secondary N) is 1. The van der Waals surface area contributed by atoms with Gasteiger partial charge in [-0.1, -0.05) is 49.4 Å². The number of hydrogen-bond donors (Lipinski definition) is 1. The number of fused-ring (bicyclic) bond motifs is 1. The molecular formula is C24H23NO3. The number of rotatable bonds is 6. The number of carbonyl (C=O) groups excluding carboxylic acids is 1. The van der Waals surface area contributed by atoms with E-state index in [-0.39, 0.29) is 18.6 Å². The van der Waals surface area contributed by atoms with Gasteiger partial charge in [0.1, 0.15) is 17.2 Å². The van der Waals surface area contributed by atoms with E-state index in [1.54, 1.807) is 12.1 Å². The van der Waals surface area contributed by atoms with Crippen molar-refractivity contribution in [2.75, 3.05) is 6.61 Å². The first-order valence-corrected chi connectivity index (χ1v) is 9.52. The third-order valence-corrected chi connectivity index (χ3v) is 4.99. The second-order valence-corrected chi connectivity index (χ2v) is 7.10. The van der Waals surface area contributed by atoms with Crippen LogP contribution in [0.2, 0.25) is 0 Å². The molecule has 0 spiro atoms. The highest BCUT2D eigenvalue weighted by atomic mass is 16.5. The molecule has 4 nitrogen and oxygen atoms in total. The molecule has 0 bridgehead atoms. The van der Waals surface area contributed by atoms with Crippen molar-refractivity contribution in [3.63, 3.8) is 0 Å². The summed E-state index contributed by atoms with van der Waals surface area (Å²) in [5, 5.41) is 3.11. The van der Waals surface area contributed by atoms with Gasteiger partial charge >= 0.3 is 0 Å². The van der Waals surface area contributed by atoms with Crippen LogP contribution in [0, 0.1) is 5.92 Å². The van der Waals surface area contributed by atoms with Crippen LogP contribution in [-0.2, 0) is 11.2 Å². The summed E-state index contributed by atoms with van der Waals surface area (Å²) in [6.45, 7) is 2.15. The third kappa shape index (κ3) is 4.17. The molecule has 1 aliphatic carbocycles. The number of carbonyl (C=O) groups is 1. The van der Waals surface area contributed by atoms with Gasteiger partial charge in [0.15, 0.2) is 6.61 Å². The van der Waals surface area contributed by atoms with Crippen molar-refractivity contribution in [3.05, 3.63) is 90.0 Å². The Morgan fingerprint density at radius 2 is 1.54 bits per heavy atom. The van der Waals surface area contributed by atoms with Crippen LogP contribution in [0.25, 0.3) is 0 Å². The van der Waals surface area contributed by atoms with Crippen molar-refractivity contribution in [3.8, 4) is 17.2 Å². The Hall–Kier alpha value is -3.27. The van der Waals surface area contributed by atoms with E-state index in [1.807, 2.05) is 54.6 Å². The highest BCUT2D eigenvalue weighted by Crippen LogP contribution is 2.35. The fourth-order valence-corrected chi connectivity index (χ4v) is 3.61. The molecule has 4 rings (SSSR count). The lowest BCUT2D eigenvalue weighted by Gasteiger charge is -2.19. The molecule has 0 radical (unpaired) electrons. The van der Waals surface area contributed by atoms with Crippen LogP contribution in [0.1, 0.15) is 24.1 Å². The van der Waals surface area contributed by atoms with Crippen LogP contribution < -0.4 is 14.8 Å². The maximum absolute atomic E-state index is 12.4. The van der Waals surface area contributed by atoms with Gasteiger partial charge in [-0.3, -0.25) is 4.79 Å². The minimum Gasteiger partial charge on any atom is -0.484 e. The van der Waals surface area contributed by atoms with Crippen LogP contribution in [0.5, 0.6) is 17.2 Å². The van der Waals surface area contributed by atoms with Gasteiger partial charge in [0.25, 0.3) is 5.91 Å².